The summed E-state index contributed by atoms with van der Waals surface area (Å²) in [7, 11) is 0. The van der Waals surface area contributed by atoms with E-state index in [-0.39, 0.29) is 12.4 Å². The molecule has 0 rings (SSSR count). The number of hydrogen-bond acceptors (Lipinski definition) is 2. The van der Waals surface area contributed by atoms with Crippen molar-refractivity contribution in [3.63, 3.8) is 0 Å². The van der Waals surface area contributed by atoms with E-state index in [2.05, 4.69) is 18.8 Å². The highest BCUT2D eigenvalue weighted by molar-refractivity contribution is 5.67. The zero-order valence-corrected chi connectivity index (χ0v) is 11.6. The van der Waals surface area contributed by atoms with Crippen LogP contribution in [0, 0.1) is 24.7 Å². The maximum absolute atomic E-state index is 11.1. The minimum Gasteiger partial charge on any atom is -0.445 e. The molecule has 1 atom stereocenters. The first-order valence-corrected chi connectivity index (χ1v) is 6.71. The third-order valence-corrected chi connectivity index (χ3v) is 2.92. The predicted molar refractivity (Wildman–Crippen MR) is 74.8 cm³/mol. The van der Waals surface area contributed by atoms with E-state index in [0.717, 1.165) is 12.8 Å². The fourth-order valence-electron chi connectivity index (χ4n) is 1.96. The smallest absolute Gasteiger partial charge is 0.304 e. The summed E-state index contributed by atoms with van der Waals surface area (Å²) in [5.41, 5.74) is -0.897. The lowest BCUT2D eigenvalue weighted by Crippen LogP contribution is -2.32. The number of esters is 1. The number of carbonyl (C=O) groups excluding carboxylic acids is 1. The van der Waals surface area contributed by atoms with Crippen LogP contribution in [0.15, 0.2) is 0 Å². The molecule has 0 aliphatic carbocycles. The third-order valence-electron chi connectivity index (χ3n) is 2.92. The van der Waals surface area contributed by atoms with Gasteiger partial charge in [-0.25, -0.2) is 0 Å². The second-order valence-electron chi connectivity index (χ2n) is 4.63. The molecule has 0 radical (unpaired) electrons. The maximum atomic E-state index is 11.1. The van der Waals surface area contributed by atoms with Crippen molar-refractivity contribution in [2.75, 3.05) is 0 Å². The van der Waals surface area contributed by atoms with Gasteiger partial charge in [-0.15, -0.1) is 18.8 Å². The van der Waals surface area contributed by atoms with Gasteiger partial charge < -0.3 is 4.74 Å². The van der Waals surface area contributed by atoms with Crippen LogP contribution in [0.4, 0.5) is 0 Å². The fraction of sp³-hybridized carbons (Fsp3) is 0.688. The monoisotopic (exact) mass is 248 g/mol. The van der Waals surface area contributed by atoms with Crippen LogP contribution >= 0.6 is 0 Å². The highest BCUT2D eigenvalue weighted by Gasteiger charge is 2.29. The molecule has 0 fully saturated rings. The molecule has 0 aromatic heterocycles. The second-order valence-corrected chi connectivity index (χ2v) is 4.63. The highest BCUT2D eigenvalue weighted by Crippen LogP contribution is 2.23. The summed E-state index contributed by atoms with van der Waals surface area (Å²) < 4.78 is 5.24. The van der Waals surface area contributed by atoms with Crippen molar-refractivity contribution in [2.24, 2.45) is 0 Å². The Balaban J connectivity index is 4.14. The summed E-state index contributed by atoms with van der Waals surface area (Å²) in [4.78, 5) is 11.1. The van der Waals surface area contributed by atoms with E-state index >= 15 is 0 Å². The number of unbranched alkanes of at least 4 members (excludes halogenated alkanes) is 5. The molecule has 0 amide bonds. The second kappa shape index (κ2) is 9.60. The minimum absolute atomic E-state index is 0.290. The third kappa shape index (κ3) is 7.02. The van der Waals surface area contributed by atoms with Gasteiger partial charge in [-0.2, -0.15) is 0 Å². The molecule has 2 nitrogen and oxygen atoms in total. The van der Waals surface area contributed by atoms with Crippen LogP contribution in [0.5, 0.6) is 0 Å². The Morgan fingerprint density at radius 1 is 1.17 bits per heavy atom. The van der Waals surface area contributed by atoms with Crippen LogP contribution in [0.25, 0.3) is 0 Å². The Hall–Kier alpha value is -1.41. The van der Waals surface area contributed by atoms with E-state index in [1.54, 1.807) is 0 Å². The average molecular weight is 248 g/mol. The van der Waals surface area contributed by atoms with Gasteiger partial charge in [0.25, 0.3) is 0 Å². The maximum Gasteiger partial charge on any atom is 0.304 e. The minimum atomic E-state index is -0.897. The van der Waals surface area contributed by atoms with Gasteiger partial charge in [0, 0.05) is 6.92 Å². The SMILES string of the molecule is C#CCC(C#C)(CCCCCCCC)OC(C)=O. The van der Waals surface area contributed by atoms with Crippen LogP contribution in [-0.2, 0) is 9.53 Å². The Kier molecular flexibility index (Phi) is 8.85. The molecular formula is C16H24O2. The van der Waals surface area contributed by atoms with E-state index in [1.165, 1.54) is 32.6 Å². The summed E-state index contributed by atoms with van der Waals surface area (Å²) in [6.07, 6.45) is 18.7. The van der Waals surface area contributed by atoms with Crippen LogP contribution in [0.2, 0.25) is 0 Å². The Morgan fingerprint density at radius 3 is 2.28 bits per heavy atom. The molecule has 0 saturated heterocycles. The first-order chi connectivity index (χ1) is 8.60. The molecule has 18 heavy (non-hydrogen) atoms. The Morgan fingerprint density at radius 2 is 1.78 bits per heavy atom. The molecule has 0 aliphatic heterocycles. The van der Waals surface area contributed by atoms with E-state index in [9.17, 15) is 4.79 Å². The summed E-state index contributed by atoms with van der Waals surface area (Å²) in [5, 5.41) is 0. The van der Waals surface area contributed by atoms with Crippen molar-refractivity contribution in [3.8, 4) is 24.7 Å². The predicted octanol–water partition coefficient (Wildman–Crippen LogP) is 3.70. The van der Waals surface area contributed by atoms with Crippen LogP contribution in [0.3, 0.4) is 0 Å². The molecule has 0 bridgehead atoms. The van der Waals surface area contributed by atoms with Gasteiger partial charge in [0.05, 0.1) is 6.42 Å². The Labute approximate surface area is 111 Å². The van der Waals surface area contributed by atoms with Gasteiger partial charge >= 0.3 is 5.97 Å². The van der Waals surface area contributed by atoms with E-state index < -0.39 is 5.60 Å². The molecule has 1 unspecified atom stereocenters. The summed E-state index contributed by atoms with van der Waals surface area (Å²) >= 11 is 0. The van der Waals surface area contributed by atoms with Crippen molar-refractivity contribution in [3.05, 3.63) is 0 Å². The molecule has 100 valence electrons. The summed E-state index contributed by atoms with van der Waals surface area (Å²) in [6.45, 7) is 3.56. The quantitative estimate of drug-likeness (QED) is 0.353. The molecule has 0 N–H and O–H groups in total. The molecular weight excluding hydrogens is 224 g/mol. The van der Waals surface area contributed by atoms with Gasteiger partial charge in [-0.1, -0.05) is 44.9 Å². The van der Waals surface area contributed by atoms with Gasteiger partial charge in [0.15, 0.2) is 5.60 Å². The summed E-state index contributed by atoms with van der Waals surface area (Å²) in [5.74, 6) is 4.70. The molecule has 0 heterocycles. The van der Waals surface area contributed by atoms with E-state index in [0.29, 0.717) is 6.42 Å². The normalized spacial score (nSPS) is 13.1. The lowest BCUT2D eigenvalue weighted by Gasteiger charge is -2.26. The lowest BCUT2D eigenvalue weighted by molar-refractivity contribution is -0.151. The topological polar surface area (TPSA) is 26.3 Å². The van der Waals surface area contributed by atoms with Gasteiger partial charge in [-0.3, -0.25) is 4.79 Å². The van der Waals surface area contributed by atoms with Crippen molar-refractivity contribution in [1.82, 2.24) is 0 Å². The average Bonchev–Trinajstić information content (AvgIpc) is 2.33. The van der Waals surface area contributed by atoms with Crippen LogP contribution in [0.1, 0.15) is 65.2 Å². The first kappa shape index (κ1) is 16.6. The number of rotatable bonds is 9. The summed E-state index contributed by atoms with van der Waals surface area (Å²) in [6, 6.07) is 0. The molecule has 0 spiro atoms. The van der Waals surface area contributed by atoms with Crippen LogP contribution < -0.4 is 0 Å². The van der Waals surface area contributed by atoms with Gasteiger partial charge in [0.1, 0.15) is 0 Å². The number of terminal acetylenes is 2. The zero-order valence-electron chi connectivity index (χ0n) is 11.6. The highest BCUT2D eigenvalue weighted by atomic mass is 16.6. The van der Waals surface area contributed by atoms with Crippen molar-refractivity contribution >= 4 is 5.97 Å². The number of carbonyl (C=O) groups is 1. The first-order valence-electron chi connectivity index (χ1n) is 6.71. The molecule has 0 aliphatic rings. The van der Waals surface area contributed by atoms with Crippen molar-refractivity contribution < 1.29 is 9.53 Å². The standard InChI is InChI=1S/C16H24O2/c1-5-8-9-10-11-12-14-16(7-3,13-6-2)18-15(4)17/h2-3H,5,8-14H2,1,4H3. The molecule has 0 aromatic carbocycles. The zero-order chi connectivity index (χ0) is 13.9. The van der Waals surface area contributed by atoms with E-state index in [1.807, 2.05) is 0 Å². The van der Waals surface area contributed by atoms with Crippen molar-refractivity contribution in [2.45, 2.75) is 70.8 Å². The lowest BCUT2D eigenvalue weighted by atomic mass is 9.93. The largest absolute Gasteiger partial charge is 0.445 e. The van der Waals surface area contributed by atoms with Gasteiger partial charge in [-0.05, 0) is 12.8 Å². The molecule has 2 heteroatoms. The fourth-order valence-corrected chi connectivity index (χ4v) is 1.96. The molecule has 0 saturated carbocycles. The number of ether oxygens (including phenoxy) is 1. The van der Waals surface area contributed by atoms with Crippen molar-refractivity contribution in [1.29, 1.82) is 0 Å². The number of hydrogen-bond donors (Lipinski definition) is 0. The molecule has 0 aromatic rings. The Bertz CT molecular complexity index is 319. The van der Waals surface area contributed by atoms with E-state index in [4.69, 9.17) is 17.6 Å². The van der Waals surface area contributed by atoms with Gasteiger partial charge in [0.2, 0.25) is 0 Å². The van der Waals surface area contributed by atoms with Crippen LogP contribution in [-0.4, -0.2) is 11.6 Å².